The second-order valence-electron chi connectivity index (χ2n) is 4.77. The number of carbonyl (C=O) groups is 1. The van der Waals surface area contributed by atoms with Crippen LogP contribution in [0.2, 0.25) is 0 Å². The molecule has 0 bridgehead atoms. The van der Waals surface area contributed by atoms with Crippen LogP contribution in [0.3, 0.4) is 0 Å². The van der Waals surface area contributed by atoms with Crippen molar-refractivity contribution in [2.45, 2.75) is 0 Å². The van der Waals surface area contributed by atoms with Crippen LogP contribution in [0.1, 0.15) is 10.5 Å². The summed E-state index contributed by atoms with van der Waals surface area (Å²) < 4.78 is 26.6. The van der Waals surface area contributed by atoms with Gasteiger partial charge in [0.1, 0.15) is 17.3 Å². The Hall–Kier alpha value is -2.88. The smallest absolute Gasteiger partial charge is 0.169 e. The molecule has 0 atom stereocenters. The highest BCUT2D eigenvalue weighted by Crippen LogP contribution is 2.26. The molecule has 2 aromatic carbocycles. The second-order valence-corrected chi connectivity index (χ2v) is 4.77. The Morgan fingerprint density at radius 1 is 0.818 bits per heavy atom. The van der Waals surface area contributed by atoms with Crippen LogP contribution in [0, 0.1) is 11.6 Å². The molecule has 0 aliphatic rings. The molecule has 22 heavy (non-hydrogen) atoms. The van der Waals surface area contributed by atoms with Crippen molar-refractivity contribution in [3.8, 4) is 22.4 Å². The molecule has 3 rings (SSSR count). The van der Waals surface area contributed by atoms with E-state index in [1.54, 1.807) is 36.4 Å². The first-order valence-corrected chi connectivity index (χ1v) is 6.65. The quantitative estimate of drug-likeness (QED) is 0.666. The van der Waals surface area contributed by atoms with Crippen molar-refractivity contribution in [2.24, 2.45) is 0 Å². The molecule has 0 N–H and O–H groups in total. The fourth-order valence-electron chi connectivity index (χ4n) is 2.27. The van der Waals surface area contributed by atoms with Gasteiger partial charge in [-0.05, 0) is 42.0 Å². The van der Waals surface area contributed by atoms with Gasteiger partial charge in [0.15, 0.2) is 6.29 Å². The zero-order chi connectivity index (χ0) is 15.5. The summed E-state index contributed by atoms with van der Waals surface area (Å²) in [6.07, 6.45) is 0.614. The standard InChI is InChI=1S/C18H11F2NO/c19-14-5-1-3-12(9-14)16-7-8-17(21-18(16)11-22)13-4-2-6-15(20)10-13/h1-11H. The third-order valence-electron chi connectivity index (χ3n) is 3.29. The molecule has 0 aliphatic heterocycles. The maximum Gasteiger partial charge on any atom is 0.169 e. The van der Waals surface area contributed by atoms with Gasteiger partial charge >= 0.3 is 0 Å². The molecule has 0 saturated heterocycles. The monoisotopic (exact) mass is 295 g/mol. The van der Waals surface area contributed by atoms with E-state index in [1.165, 1.54) is 24.3 Å². The van der Waals surface area contributed by atoms with Crippen molar-refractivity contribution in [1.29, 1.82) is 0 Å². The van der Waals surface area contributed by atoms with Crippen LogP contribution >= 0.6 is 0 Å². The zero-order valence-electron chi connectivity index (χ0n) is 11.5. The third-order valence-corrected chi connectivity index (χ3v) is 3.29. The van der Waals surface area contributed by atoms with Crippen molar-refractivity contribution in [3.63, 3.8) is 0 Å². The van der Waals surface area contributed by atoms with Gasteiger partial charge in [0.05, 0.1) is 5.69 Å². The van der Waals surface area contributed by atoms with Crippen LogP contribution in [0.25, 0.3) is 22.4 Å². The van der Waals surface area contributed by atoms with E-state index < -0.39 is 0 Å². The Labute approximate surface area is 126 Å². The number of aromatic nitrogens is 1. The number of halogens is 2. The van der Waals surface area contributed by atoms with Gasteiger partial charge in [-0.1, -0.05) is 24.3 Å². The van der Waals surface area contributed by atoms with E-state index in [0.29, 0.717) is 28.7 Å². The Balaban J connectivity index is 2.10. The van der Waals surface area contributed by atoms with Crippen LogP contribution in [0.15, 0.2) is 60.7 Å². The number of carbonyl (C=O) groups excluding carboxylic acids is 1. The predicted octanol–water partition coefficient (Wildman–Crippen LogP) is 4.51. The average Bonchev–Trinajstić information content (AvgIpc) is 2.54. The number of nitrogens with zero attached hydrogens (tertiary/aromatic N) is 1. The molecule has 0 saturated carbocycles. The lowest BCUT2D eigenvalue weighted by molar-refractivity contribution is 0.112. The molecular weight excluding hydrogens is 284 g/mol. The number of aldehydes is 1. The SMILES string of the molecule is O=Cc1nc(-c2cccc(F)c2)ccc1-c1cccc(F)c1. The molecule has 0 aliphatic carbocycles. The van der Waals surface area contributed by atoms with E-state index in [0.717, 1.165) is 0 Å². The van der Waals surface area contributed by atoms with Crippen LogP contribution in [-0.2, 0) is 0 Å². The predicted molar refractivity (Wildman–Crippen MR) is 80.4 cm³/mol. The maximum absolute atomic E-state index is 13.3. The Bertz CT molecular complexity index is 846. The fraction of sp³-hybridized carbons (Fsp3) is 0. The molecule has 0 fully saturated rings. The van der Waals surface area contributed by atoms with Gasteiger partial charge in [-0.15, -0.1) is 0 Å². The minimum atomic E-state index is -0.386. The Kier molecular flexibility index (Phi) is 3.74. The van der Waals surface area contributed by atoms with Gasteiger partial charge in [-0.25, -0.2) is 13.8 Å². The number of hydrogen-bond acceptors (Lipinski definition) is 2. The van der Waals surface area contributed by atoms with E-state index >= 15 is 0 Å². The van der Waals surface area contributed by atoms with Crippen LogP contribution in [0.5, 0.6) is 0 Å². The number of benzene rings is 2. The number of rotatable bonds is 3. The summed E-state index contributed by atoms with van der Waals surface area (Å²) in [6, 6.07) is 15.3. The van der Waals surface area contributed by atoms with Gasteiger partial charge in [0, 0.05) is 11.1 Å². The summed E-state index contributed by atoms with van der Waals surface area (Å²) >= 11 is 0. The summed E-state index contributed by atoms with van der Waals surface area (Å²) in [5.74, 6) is -0.760. The largest absolute Gasteiger partial charge is 0.296 e. The average molecular weight is 295 g/mol. The molecular formula is C18H11F2NO. The van der Waals surface area contributed by atoms with Gasteiger partial charge in [0.2, 0.25) is 0 Å². The van der Waals surface area contributed by atoms with Crippen molar-refractivity contribution in [3.05, 3.63) is 78.0 Å². The molecule has 0 amide bonds. The number of hydrogen-bond donors (Lipinski definition) is 0. The van der Waals surface area contributed by atoms with Gasteiger partial charge < -0.3 is 0 Å². The summed E-state index contributed by atoms with van der Waals surface area (Å²) in [5, 5.41) is 0. The minimum absolute atomic E-state index is 0.187. The highest BCUT2D eigenvalue weighted by atomic mass is 19.1. The van der Waals surface area contributed by atoms with Crippen molar-refractivity contribution < 1.29 is 13.6 Å². The van der Waals surface area contributed by atoms with Crippen LogP contribution in [-0.4, -0.2) is 11.3 Å². The summed E-state index contributed by atoms with van der Waals surface area (Å²) in [7, 11) is 0. The molecule has 0 unspecified atom stereocenters. The Morgan fingerprint density at radius 2 is 1.45 bits per heavy atom. The molecule has 108 valence electrons. The second kappa shape index (κ2) is 5.85. The summed E-state index contributed by atoms with van der Waals surface area (Å²) in [4.78, 5) is 15.6. The van der Waals surface area contributed by atoms with Gasteiger partial charge in [0.25, 0.3) is 0 Å². The summed E-state index contributed by atoms with van der Waals surface area (Å²) in [5.41, 5.74) is 2.36. The zero-order valence-corrected chi connectivity index (χ0v) is 11.5. The van der Waals surface area contributed by atoms with E-state index in [1.807, 2.05) is 0 Å². The normalized spacial score (nSPS) is 10.5. The number of pyridine rings is 1. The van der Waals surface area contributed by atoms with Gasteiger partial charge in [-0.2, -0.15) is 0 Å². The fourth-order valence-corrected chi connectivity index (χ4v) is 2.27. The van der Waals surface area contributed by atoms with E-state index in [4.69, 9.17) is 0 Å². The van der Waals surface area contributed by atoms with Crippen LogP contribution < -0.4 is 0 Å². The van der Waals surface area contributed by atoms with Crippen molar-refractivity contribution in [1.82, 2.24) is 4.98 Å². The molecule has 1 heterocycles. The molecule has 4 heteroatoms. The first-order chi connectivity index (χ1) is 10.7. The lowest BCUT2D eigenvalue weighted by Gasteiger charge is -2.08. The van der Waals surface area contributed by atoms with E-state index in [9.17, 15) is 13.6 Å². The highest BCUT2D eigenvalue weighted by molar-refractivity contribution is 5.86. The Morgan fingerprint density at radius 3 is 2.09 bits per heavy atom. The molecule has 0 spiro atoms. The van der Waals surface area contributed by atoms with Crippen molar-refractivity contribution in [2.75, 3.05) is 0 Å². The first kappa shape index (κ1) is 14.1. The molecule has 1 aromatic heterocycles. The third kappa shape index (κ3) is 2.76. The van der Waals surface area contributed by atoms with Crippen LogP contribution in [0.4, 0.5) is 8.78 Å². The first-order valence-electron chi connectivity index (χ1n) is 6.65. The maximum atomic E-state index is 13.3. The molecule has 3 aromatic rings. The molecule has 0 radical (unpaired) electrons. The van der Waals surface area contributed by atoms with E-state index in [-0.39, 0.29) is 17.3 Å². The lowest BCUT2D eigenvalue weighted by atomic mass is 10.0. The summed E-state index contributed by atoms with van der Waals surface area (Å²) in [6.45, 7) is 0. The van der Waals surface area contributed by atoms with Crippen molar-refractivity contribution >= 4 is 6.29 Å². The van der Waals surface area contributed by atoms with Gasteiger partial charge in [-0.3, -0.25) is 4.79 Å². The molecule has 2 nitrogen and oxygen atoms in total. The van der Waals surface area contributed by atoms with E-state index in [2.05, 4.69) is 4.98 Å². The minimum Gasteiger partial charge on any atom is -0.296 e. The lowest BCUT2D eigenvalue weighted by Crippen LogP contribution is -1.95. The topological polar surface area (TPSA) is 30.0 Å². The highest BCUT2D eigenvalue weighted by Gasteiger charge is 2.10.